The zero-order valence-corrected chi connectivity index (χ0v) is 12.2. The summed E-state index contributed by atoms with van der Waals surface area (Å²) in [6.07, 6.45) is 0.739. The lowest BCUT2D eigenvalue weighted by Crippen LogP contribution is -2.21. The number of anilines is 1. The van der Waals surface area contributed by atoms with Crippen molar-refractivity contribution in [2.45, 2.75) is 18.2 Å². The van der Waals surface area contributed by atoms with Crippen LogP contribution in [0.1, 0.15) is 13.3 Å². The normalized spacial score (nSPS) is 12.6. The number of carbonyl (C=O) groups excluding carboxylic acids is 1. The molecule has 1 aromatic carbocycles. The lowest BCUT2D eigenvalue weighted by atomic mass is 10.3. The van der Waals surface area contributed by atoms with Gasteiger partial charge in [0.25, 0.3) is 0 Å². The van der Waals surface area contributed by atoms with Gasteiger partial charge < -0.3 is 5.32 Å². The van der Waals surface area contributed by atoms with E-state index in [0.717, 1.165) is 16.6 Å². The number of hydrogen-bond acceptors (Lipinski definition) is 3. The molecule has 1 N–H and O–H groups in total. The fraction of sp³-hybridized carbons (Fsp3) is 0.273. The minimum atomic E-state index is -0.182. The average molecular weight is 334 g/mol. The van der Waals surface area contributed by atoms with Gasteiger partial charge >= 0.3 is 0 Å². The summed E-state index contributed by atoms with van der Waals surface area (Å²) < 4.78 is 0.968. The summed E-state index contributed by atoms with van der Waals surface area (Å²) in [6, 6.07) is 5.47. The van der Waals surface area contributed by atoms with E-state index < -0.39 is 0 Å². The van der Waals surface area contributed by atoms with Crippen molar-refractivity contribution in [3.8, 4) is 0 Å². The lowest BCUT2D eigenvalue weighted by molar-refractivity contribution is -0.115. The molecular formula is C11H10BrClN2OS. The minimum Gasteiger partial charge on any atom is -0.301 e. The molecule has 90 valence electrons. The Morgan fingerprint density at radius 3 is 3.12 bits per heavy atom. The van der Waals surface area contributed by atoms with E-state index in [-0.39, 0.29) is 10.7 Å². The molecule has 17 heavy (non-hydrogen) atoms. The highest BCUT2D eigenvalue weighted by atomic mass is 79.9. The Balaban J connectivity index is 2.22. The molecule has 0 aliphatic heterocycles. The number of thiazole rings is 1. The molecular weight excluding hydrogens is 324 g/mol. The predicted molar refractivity (Wildman–Crippen MR) is 76.3 cm³/mol. The maximum atomic E-state index is 11.7. The Bertz CT molecular complexity index is 557. The van der Waals surface area contributed by atoms with Gasteiger partial charge in [0.1, 0.15) is 0 Å². The molecule has 0 saturated heterocycles. The Morgan fingerprint density at radius 2 is 2.41 bits per heavy atom. The molecule has 1 atom stereocenters. The molecule has 0 fully saturated rings. The molecule has 0 radical (unpaired) electrons. The van der Waals surface area contributed by atoms with E-state index in [2.05, 4.69) is 26.2 Å². The molecule has 0 aliphatic carbocycles. The molecule has 1 heterocycles. The summed E-state index contributed by atoms with van der Waals surface area (Å²) in [5.41, 5.74) is 0.845. The zero-order valence-electron chi connectivity index (χ0n) is 9.04. The van der Waals surface area contributed by atoms with Crippen molar-refractivity contribution in [2.24, 2.45) is 0 Å². The van der Waals surface area contributed by atoms with Crippen molar-refractivity contribution >= 4 is 60.1 Å². The second kappa shape index (κ2) is 5.33. The van der Waals surface area contributed by atoms with Crippen molar-refractivity contribution < 1.29 is 4.79 Å². The smallest absolute Gasteiger partial charge is 0.239 e. The standard InChI is InChI=1S/C11H10BrClN2OS/c1-2-7(12)10(16)15-11-14-8-4-3-6(13)5-9(8)17-11/h3-5,7H,2H2,1H3,(H,14,15,16)/t7-/m0/s1. The van der Waals surface area contributed by atoms with Crippen molar-refractivity contribution in [3.05, 3.63) is 23.2 Å². The molecule has 0 saturated carbocycles. The highest BCUT2D eigenvalue weighted by molar-refractivity contribution is 9.10. The number of halogens is 2. The number of benzene rings is 1. The number of aromatic nitrogens is 1. The van der Waals surface area contributed by atoms with E-state index >= 15 is 0 Å². The van der Waals surface area contributed by atoms with Gasteiger partial charge in [0, 0.05) is 5.02 Å². The van der Waals surface area contributed by atoms with Crippen LogP contribution in [0.15, 0.2) is 18.2 Å². The van der Waals surface area contributed by atoms with E-state index in [1.807, 2.05) is 19.1 Å². The van der Waals surface area contributed by atoms with Crippen molar-refractivity contribution in [1.29, 1.82) is 0 Å². The second-order valence-electron chi connectivity index (χ2n) is 3.50. The van der Waals surface area contributed by atoms with Crippen LogP contribution < -0.4 is 5.32 Å². The topological polar surface area (TPSA) is 42.0 Å². The van der Waals surface area contributed by atoms with Crippen molar-refractivity contribution in [2.75, 3.05) is 5.32 Å². The van der Waals surface area contributed by atoms with Gasteiger partial charge in [-0.05, 0) is 24.6 Å². The fourth-order valence-corrected chi connectivity index (χ4v) is 2.58. The van der Waals surface area contributed by atoms with Gasteiger partial charge in [0.05, 0.1) is 15.0 Å². The highest BCUT2D eigenvalue weighted by Crippen LogP contribution is 2.28. The van der Waals surface area contributed by atoms with Gasteiger partial charge in [-0.1, -0.05) is 45.8 Å². The first-order chi connectivity index (χ1) is 8.10. The first kappa shape index (κ1) is 12.8. The summed E-state index contributed by atoms with van der Waals surface area (Å²) >= 11 is 10.6. The molecule has 3 nitrogen and oxygen atoms in total. The van der Waals surface area contributed by atoms with Crippen molar-refractivity contribution in [3.63, 3.8) is 0 Å². The minimum absolute atomic E-state index is 0.0716. The van der Waals surface area contributed by atoms with Crippen LogP contribution in [0.5, 0.6) is 0 Å². The first-order valence-corrected chi connectivity index (χ1v) is 7.22. The molecule has 1 amide bonds. The van der Waals surface area contributed by atoms with Crippen LogP contribution in [0, 0.1) is 0 Å². The number of fused-ring (bicyclic) bond motifs is 1. The number of carbonyl (C=O) groups is 1. The highest BCUT2D eigenvalue weighted by Gasteiger charge is 2.14. The number of rotatable bonds is 3. The largest absolute Gasteiger partial charge is 0.301 e. The summed E-state index contributed by atoms with van der Waals surface area (Å²) in [4.78, 5) is 15.8. The van der Waals surface area contributed by atoms with E-state index in [0.29, 0.717) is 10.2 Å². The van der Waals surface area contributed by atoms with Gasteiger partial charge in [-0.3, -0.25) is 4.79 Å². The van der Waals surface area contributed by atoms with E-state index in [4.69, 9.17) is 11.6 Å². The Labute approximate surface area is 116 Å². The summed E-state index contributed by atoms with van der Waals surface area (Å²) in [5, 5.41) is 4.05. The second-order valence-corrected chi connectivity index (χ2v) is 6.07. The van der Waals surface area contributed by atoms with E-state index in [9.17, 15) is 4.79 Å². The lowest BCUT2D eigenvalue weighted by Gasteiger charge is -2.04. The van der Waals surface area contributed by atoms with Gasteiger partial charge in [-0.15, -0.1) is 0 Å². The van der Waals surface area contributed by atoms with Gasteiger partial charge in [-0.25, -0.2) is 4.98 Å². The molecule has 0 bridgehead atoms. The van der Waals surface area contributed by atoms with Crippen LogP contribution >= 0.6 is 38.9 Å². The van der Waals surface area contributed by atoms with Gasteiger partial charge in [0.2, 0.25) is 5.91 Å². The van der Waals surface area contributed by atoms with Crippen LogP contribution in [0.25, 0.3) is 10.2 Å². The summed E-state index contributed by atoms with van der Waals surface area (Å²) in [7, 11) is 0. The third-order valence-electron chi connectivity index (χ3n) is 2.22. The van der Waals surface area contributed by atoms with Crippen LogP contribution in [-0.4, -0.2) is 15.7 Å². The van der Waals surface area contributed by atoms with E-state index in [1.165, 1.54) is 11.3 Å². The third kappa shape index (κ3) is 2.97. The quantitative estimate of drug-likeness (QED) is 0.861. The predicted octanol–water partition coefficient (Wildman–Crippen LogP) is 4.06. The molecule has 2 aromatic rings. The van der Waals surface area contributed by atoms with Crippen LogP contribution in [-0.2, 0) is 4.79 Å². The average Bonchev–Trinajstić information content (AvgIpc) is 2.69. The molecule has 1 aromatic heterocycles. The van der Waals surface area contributed by atoms with Gasteiger partial charge in [0.15, 0.2) is 5.13 Å². The Hall–Kier alpha value is -0.650. The first-order valence-electron chi connectivity index (χ1n) is 5.11. The number of alkyl halides is 1. The number of nitrogens with zero attached hydrogens (tertiary/aromatic N) is 1. The summed E-state index contributed by atoms with van der Waals surface area (Å²) in [6.45, 7) is 1.94. The Kier molecular flexibility index (Phi) is 4.01. The maximum Gasteiger partial charge on any atom is 0.239 e. The van der Waals surface area contributed by atoms with Crippen molar-refractivity contribution in [1.82, 2.24) is 4.98 Å². The molecule has 0 spiro atoms. The SMILES string of the molecule is CC[C@H](Br)C(=O)Nc1nc2ccc(Cl)cc2s1. The third-order valence-corrected chi connectivity index (χ3v) is 4.46. The fourth-order valence-electron chi connectivity index (χ4n) is 1.32. The number of nitrogens with one attached hydrogen (secondary N) is 1. The number of hydrogen-bond donors (Lipinski definition) is 1. The zero-order chi connectivity index (χ0) is 12.4. The molecule has 0 aliphatic rings. The monoisotopic (exact) mass is 332 g/mol. The van der Waals surface area contributed by atoms with Crippen LogP contribution in [0.2, 0.25) is 5.02 Å². The van der Waals surface area contributed by atoms with Crippen LogP contribution in [0.4, 0.5) is 5.13 Å². The number of amides is 1. The molecule has 6 heteroatoms. The van der Waals surface area contributed by atoms with Crippen LogP contribution in [0.3, 0.4) is 0 Å². The Morgan fingerprint density at radius 1 is 1.65 bits per heavy atom. The maximum absolute atomic E-state index is 11.7. The molecule has 0 unspecified atom stereocenters. The van der Waals surface area contributed by atoms with Gasteiger partial charge in [-0.2, -0.15) is 0 Å². The molecule has 2 rings (SSSR count). The summed E-state index contributed by atoms with van der Waals surface area (Å²) in [5.74, 6) is -0.0716. The van der Waals surface area contributed by atoms with E-state index in [1.54, 1.807) is 6.07 Å².